The van der Waals surface area contributed by atoms with E-state index in [9.17, 15) is 14.4 Å². The van der Waals surface area contributed by atoms with Gasteiger partial charge in [-0.3, -0.25) is 18.7 Å². The van der Waals surface area contributed by atoms with Crippen molar-refractivity contribution in [1.29, 1.82) is 0 Å². The van der Waals surface area contributed by atoms with Crippen molar-refractivity contribution in [1.82, 2.24) is 19.4 Å². The molecule has 0 atom stereocenters. The number of hydrogen-bond donors (Lipinski definition) is 1. The van der Waals surface area contributed by atoms with Crippen LogP contribution in [-0.4, -0.2) is 46.1 Å². The highest BCUT2D eigenvalue weighted by atomic mass is 16.2. The fraction of sp³-hybridized carbons (Fsp3) is 0.667. The zero-order chi connectivity index (χ0) is 15.7. The lowest BCUT2D eigenvalue weighted by Crippen LogP contribution is -2.46. The second kappa shape index (κ2) is 5.72. The first-order valence-corrected chi connectivity index (χ1v) is 7.76. The Morgan fingerprint density at radius 1 is 1.27 bits per heavy atom. The number of nitrogens with one attached hydrogen (secondary N) is 1. The van der Waals surface area contributed by atoms with Crippen LogP contribution in [-0.2, 0) is 18.4 Å². The molecule has 0 bridgehead atoms. The molecule has 2 aliphatic heterocycles. The van der Waals surface area contributed by atoms with Gasteiger partial charge in [0.05, 0.1) is 0 Å². The van der Waals surface area contributed by atoms with Crippen LogP contribution in [0.15, 0.2) is 21.9 Å². The summed E-state index contributed by atoms with van der Waals surface area (Å²) >= 11 is 0. The van der Waals surface area contributed by atoms with Crippen molar-refractivity contribution in [3.63, 3.8) is 0 Å². The molecule has 0 aliphatic carbocycles. The number of carbonyl (C=O) groups is 1. The molecule has 0 aromatic carbocycles. The Hall–Kier alpha value is -1.89. The first-order valence-electron chi connectivity index (χ1n) is 7.76. The van der Waals surface area contributed by atoms with Gasteiger partial charge in [-0.1, -0.05) is 0 Å². The third kappa shape index (κ3) is 2.72. The summed E-state index contributed by atoms with van der Waals surface area (Å²) < 4.78 is 2.31. The van der Waals surface area contributed by atoms with Gasteiger partial charge in [-0.05, 0) is 31.2 Å². The molecule has 7 nitrogen and oxygen atoms in total. The van der Waals surface area contributed by atoms with E-state index in [1.54, 1.807) is 0 Å². The smallest absolute Gasteiger partial charge is 0.331 e. The van der Waals surface area contributed by atoms with E-state index < -0.39 is 5.69 Å². The molecule has 2 fully saturated rings. The normalized spacial score (nSPS) is 20.5. The van der Waals surface area contributed by atoms with Gasteiger partial charge < -0.3 is 10.2 Å². The molecule has 22 heavy (non-hydrogen) atoms. The van der Waals surface area contributed by atoms with E-state index in [1.807, 2.05) is 4.90 Å². The first kappa shape index (κ1) is 15.0. The molecule has 0 unspecified atom stereocenters. The summed E-state index contributed by atoms with van der Waals surface area (Å²) in [6, 6.07) is 1.31. The lowest BCUT2D eigenvalue weighted by atomic mass is 9.78. The minimum atomic E-state index is -0.450. The minimum absolute atomic E-state index is 0.00178. The van der Waals surface area contributed by atoms with Crippen molar-refractivity contribution in [3.8, 4) is 0 Å². The van der Waals surface area contributed by atoms with E-state index in [0.717, 1.165) is 43.6 Å². The largest absolute Gasteiger partial charge is 0.341 e. The van der Waals surface area contributed by atoms with Crippen LogP contribution in [0.25, 0.3) is 0 Å². The number of aromatic nitrogens is 2. The molecule has 2 saturated heterocycles. The van der Waals surface area contributed by atoms with Gasteiger partial charge in [0.15, 0.2) is 0 Å². The zero-order valence-electron chi connectivity index (χ0n) is 12.9. The number of likely N-dealkylation sites (tertiary alicyclic amines) is 1. The van der Waals surface area contributed by atoms with E-state index in [2.05, 4.69) is 5.32 Å². The number of piperidine rings is 1. The standard InChI is InChI=1S/C15H22N4O3/c1-17-12(20)2-7-19(14(17)22)10-13(21)18-8-4-15(5-9-18)3-6-16-11-15/h2,7,16H,3-6,8-11H2,1H3. The van der Waals surface area contributed by atoms with Crippen molar-refractivity contribution in [2.75, 3.05) is 26.2 Å². The second-order valence-electron chi connectivity index (χ2n) is 6.43. The highest BCUT2D eigenvalue weighted by molar-refractivity contribution is 5.76. The Morgan fingerprint density at radius 3 is 2.64 bits per heavy atom. The zero-order valence-corrected chi connectivity index (χ0v) is 12.9. The summed E-state index contributed by atoms with van der Waals surface area (Å²) in [5.74, 6) is -0.0541. The predicted octanol–water partition coefficient (Wildman–Crippen LogP) is -0.851. The Bertz CT molecular complexity index is 675. The summed E-state index contributed by atoms with van der Waals surface area (Å²) in [7, 11) is 1.42. The molecule has 120 valence electrons. The molecule has 3 rings (SSSR count). The summed E-state index contributed by atoms with van der Waals surface area (Å²) in [4.78, 5) is 37.5. The Labute approximate surface area is 128 Å². The first-order chi connectivity index (χ1) is 10.5. The molecular formula is C15H22N4O3. The number of carbonyl (C=O) groups excluding carboxylic acids is 1. The van der Waals surface area contributed by atoms with E-state index >= 15 is 0 Å². The van der Waals surface area contributed by atoms with Crippen LogP contribution in [0.3, 0.4) is 0 Å². The van der Waals surface area contributed by atoms with Gasteiger partial charge in [-0.25, -0.2) is 4.79 Å². The molecular weight excluding hydrogens is 284 g/mol. The van der Waals surface area contributed by atoms with Gasteiger partial charge in [-0.15, -0.1) is 0 Å². The van der Waals surface area contributed by atoms with Gasteiger partial charge in [0.1, 0.15) is 6.54 Å². The van der Waals surface area contributed by atoms with Crippen molar-refractivity contribution >= 4 is 5.91 Å². The number of nitrogens with zero attached hydrogens (tertiary/aromatic N) is 3. The lowest BCUT2D eigenvalue weighted by molar-refractivity contribution is -0.134. The molecule has 1 aromatic rings. The van der Waals surface area contributed by atoms with E-state index in [4.69, 9.17) is 0 Å². The average molecular weight is 306 g/mol. The number of amides is 1. The van der Waals surface area contributed by atoms with Crippen molar-refractivity contribution in [3.05, 3.63) is 33.1 Å². The molecule has 1 aromatic heterocycles. The third-order valence-corrected chi connectivity index (χ3v) is 5.07. The molecule has 1 N–H and O–H groups in total. The fourth-order valence-corrected chi connectivity index (χ4v) is 3.44. The average Bonchev–Trinajstić information content (AvgIpc) is 2.97. The molecule has 1 spiro atoms. The highest BCUT2D eigenvalue weighted by Crippen LogP contribution is 2.36. The molecule has 0 radical (unpaired) electrons. The van der Waals surface area contributed by atoms with E-state index in [1.165, 1.54) is 30.3 Å². The maximum Gasteiger partial charge on any atom is 0.331 e. The molecule has 7 heteroatoms. The molecule has 3 heterocycles. The topological polar surface area (TPSA) is 76.3 Å². The number of rotatable bonds is 2. The monoisotopic (exact) mass is 306 g/mol. The van der Waals surface area contributed by atoms with Crippen LogP contribution < -0.4 is 16.6 Å². The maximum atomic E-state index is 12.4. The summed E-state index contributed by atoms with van der Waals surface area (Å²) in [5, 5.41) is 3.40. The third-order valence-electron chi connectivity index (χ3n) is 5.07. The fourth-order valence-electron chi connectivity index (χ4n) is 3.44. The van der Waals surface area contributed by atoms with E-state index in [-0.39, 0.29) is 18.0 Å². The highest BCUT2D eigenvalue weighted by Gasteiger charge is 2.37. The maximum absolute atomic E-state index is 12.4. The van der Waals surface area contributed by atoms with E-state index in [0.29, 0.717) is 5.41 Å². The Kier molecular flexibility index (Phi) is 3.90. The van der Waals surface area contributed by atoms with Crippen LogP contribution >= 0.6 is 0 Å². The van der Waals surface area contributed by atoms with Crippen LogP contribution in [0.1, 0.15) is 19.3 Å². The summed E-state index contributed by atoms with van der Waals surface area (Å²) in [6.07, 6.45) is 4.63. The minimum Gasteiger partial charge on any atom is -0.341 e. The van der Waals surface area contributed by atoms with Gasteiger partial charge in [0.2, 0.25) is 5.91 Å². The lowest BCUT2D eigenvalue weighted by Gasteiger charge is -2.38. The second-order valence-corrected chi connectivity index (χ2v) is 6.43. The number of hydrogen-bond acceptors (Lipinski definition) is 4. The molecule has 0 saturated carbocycles. The van der Waals surface area contributed by atoms with Crippen LogP contribution in [0.5, 0.6) is 0 Å². The Balaban J connectivity index is 1.65. The molecule has 2 aliphatic rings. The van der Waals surface area contributed by atoms with Crippen LogP contribution in [0.4, 0.5) is 0 Å². The quantitative estimate of drug-likeness (QED) is 0.772. The van der Waals surface area contributed by atoms with Gasteiger partial charge in [0.25, 0.3) is 5.56 Å². The van der Waals surface area contributed by atoms with Gasteiger partial charge >= 0.3 is 5.69 Å². The predicted molar refractivity (Wildman–Crippen MR) is 81.7 cm³/mol. The van der Waals surface area contributed by atoms with Gasteiger partial charge in [0, 0.05) is 38.9 Å². The van der Waals surface area contributed by atoms with Crippen LogP contribution in [0, 0.1) is 5.41 Å². The Morgan fingerprint density at radius 2 is 2.00 bits per heavy atom. The van der Waals surface area contributed by atoms with Crippen molar-refractivity contribution < 1.29 is 4.79 Å². The van der Waals surface area contributed by atoms with Crippen molar-refractivity contribution in [2.24, 2.45) is 12.5 Å². The molecule has 1 amide bonds. The summed E-state index contributed by atoms with van der Waals surface area (Å²) in [6.45, 7) is 3.62. The summed E-state index contributed by atoms with van der Waals surface area (Å²) in [5.41, 5.74) is -0.443. The van der Waals surface area contributed by atoms with Crippen LogP contribution in [0.2, 0.25) is 0 Å². The SMILES string of the molecule is Cn1c(=O)ccn(CC(=O)N2CCC3(CCNC3)CC2)c1=O. The van der Waals surface area contributed by atoms with Crippen molar-refractivity contribution in [2.45, 2.75) is 25.8 Å². The van der Waals surface area contributed by atoms with Gasteiger partial charge in [-0.2, -0.15) is 0 Å².